The van der Waals surface area contributed by atoms with E-state index in [0.717, 1.165) is 29.7 Å². The Bertz CT molecular complexity index is 457. The number of anilines is 1. The first kappa shape index (κ1) is 10.6. The molecular weight excluding hydrogens is 202 g/mol. The zero-order valence-electron chi connectivity index (χ0n) is 9.12. The van der Waals surface area contributed by atoms with E-state index in [4.69, 9.17) is 0 Å². The van der Waals surface area contributed by atoms with Gasteiger partial charge in [0.1, 0.15) is 6.29 Å². The summed E-state index contributed by atoms with van der Waals surface area (Å²) in [5.41, 5.74) is 3.37. The Morgan fingerprint density at radius 2 is 1.88 bits per heavy atom. The number of hydrogen-bond acceptors (Lipinski definition) is 3. The van der Waals surface area contributed by atoms with Crippen LogP contribution in [0.1, 0.15) is 30.1 Å². The molecule has 0 fully saturated rings. The van der Waals surface area contributed by atoms with E-state index < -0.39 is 0 Å². The summed E-state index contributed by atoms with van der Waals surface area (Å²) >= 11 is 0. The van der Waals surface area contributed by atoms with Crippen LogP contribution in [-0.4, -0.2) is 12.1 Å². The number of benzene rings is 1. The van der Waals surface area contributed by atoms with Gasteiger partial charge in [-0.25, -0.2) is 0 Å². The van der Waals surface area contributed by atoms with E-state index in [9.17, 15) is 9.59 Å². The summed E-state index contributed by atoms with van der Waals surface area (Å²) < 4.78 is 0. The monoisotopic (exact) mass is 215 g/mol. The largest absolute Gasteiger partial charge is 0.359 e. The highest BCUT2D eigenvalue weighted by atomic mass is 16.1. The molecule has 82 valence electrons. The summed E-state index contributed by atoms with van der Waals surface area (Å²) in [7, 11) is 0. The molecule has 0 aliphatic heterocycles. The number of ketones is 1. The number of Topliss-reactive ketones (excluding diaryl/α,β-unsaturated/α-hetero) is 1. The second-order valence-electron chi connectivity index (χ2n) is 3.89. The van der Waals surface area contributed by atoms with Crippen molar-refractivity contribution in [1.82, 2.24) is 0 Å². The van der Waals surface area contributed by atoms with Crippen LogP contribution in [0.4, 0.5) is 5.69 Å². The molecule has 0 amide bonds. The molecule has 3 heteroatoms. The molecule has 1 aliphatic carbocycles. The molecule has 0 saturated carbocycles. The fourth-order valence-electron chi connectivity index (χ4n) is 1.76. The smallest absolute Gasteiger partial charge is 0.160 e. The summed E-state index contributed by atoms with van der Waals surface area (Å²) in [6.45, 7) is 1.84. The van der Waals surface area contributed by atoms with Crippen LogP contribution in [0.2, 0.25) is 0 Å². The summed E-state index contributed by atoms with van der Waals surface area (Å²) in [6.07, 6.45) is 2.19. The van der Waals surface area contributed by atoms with Crippen molar-refractivity contribution in [3.8, 4) is 0 Å². The molecule has 0 heterocycles. The molecule has 0 atom stereocenters. The molecule has 2 rings (SSSR count). The van der Waals surface area contributed by atoms with Crippen LogP contribution in [-0.2, 0) is 4.79 Å². The Balaban J connectivity index is 2.15. The molecule has 0 spiro atoms. The van der Waals surface area contributed by atoms with Crippen molar-refractivity contribution >= 4 is 17.8 Å². The van der Waals surface area contributed by atoms with Crippen LogP contribution in [0, 0.1) is 0 Å². The lowest BCUT2D eigenvalue weighted by molar-refractivity contribution is -0.114. The first-order valence-electron chi connectivity index (χ1n) is 5.26. The maximum absolute atomic E-state index is 11.3. The summed E-state index contributed by atoms with van der Waals surface area (Å²) in [5, 5.41) is 3.22. The van der Waals surface area contributed by atoms with Gasteiger partial charge in [0, 0.05) is 28.9 Å². The van der Waals surface area contributed by atoms with Crippen molar-refractivity contribution < 1.29 is 9.59 Å². The van der Waals surface area contributed by atoms with Crippen LogP contribution in [0.5, 0.6) is 0 Å². The van der Waals surface area contributed by atoms with Crippen LogP contribution in [0.25, 0.3) is 0 Å². The number of carbonyl (C=O) groups is 2. The zero-order chi connectivity index (χ0) is 11.5. The Kier molecular flexibility index (Phi) is 2.86. The third-order valence-electron chi connectivity index (χ3n) is 2.81. The van der Waals surface area contributed by atoms with Crippen molar-refractivity contribution in [2.75, 3.05) is 5.32 Å². The topological polar surface area (TPSA) is 46.2 Å². The van der Waals surface area contributed by atoms with E-state index in [1.165, 1.54) is 0 Å². The molecule has 16 heavy (non-hydrogen) atoms. The molecule has 1 aliphatic rings. The Morgan fingerprint density at radius 1 is 1.19 bits per heavy atom. The summed E-state index contributed by atoms with van der Waals surface area (Å²) in [6, 6.07) is 7.18. The van der Waals surface area contributed by atoms with E-state index in [2.05, 4.69) is 5.32 Å². The van der Waals surface area contributed by atoms with Crippen molar-refractivity contribution in [3.63, 3.8) is 0 Å². The van der Waals surface area contributed by atoms with Gasteiger partial charge in [-0.05, 0) is 37.6 Å². The maximum Gasteiger partial charge on any atom is 0.160 e. The minimum absolute atomic E-state index is 0.215. The molecular formula is C13H13NO2. The predicted octanol–water partition coefficient (Wildman–Crippen LogP) is 2.55. The highest BCUT2D eigenvalue weighted by Crippen LogP contribution is 2.24. The van der Waals surface area contributed by atoms with Gasteiger partial charge >= 0.3 is 0 Å². The lowest BCUT2D eigenvalue weighted by atomic mass is 10.2. The normalized spacial score (nSPS) is 15.4. The maximum atomic E-state index is 11.3. The second-order valence-corrected chi connectivity index (χ2v) is 3.89. The molecule has 0 aromatic heterocycles. The number of hydrogen-bond donors (Lipinski definition) is 1. The minimum atomic E-state index is 0.215. The first-order chi connectivity index (χ1) is 7.70. The van der Waals surface area contributed by atoms with E-state index in [0.29, 0.717) is 12.0 Å². The molecule has 3 nitrogen and oxygen atoms in total. The molecule has 1 aromatic carbocycles. The molecule has 0 unspecified atom stereocenters. The minimum Gasteiger partial charge on any atom is -0.359 e. The van der Waals surface area contributed by atoms with Crippen LogP contribution in [0.3, 0.4) is 0 Å². The predicted molar refractivity (Wildman–Crippen MR) is 62.4 cm³/mol. The van der Waals surface area contributed by atoms with Crippen LogP contribution < -0.4 is 5.32 Å². The van der Waals surface area contributed by atoms with E-state index >= 15 is 0 Å². The number of allylic oxidation sites excluding steroid dienone is 2. The van der Waals surface area contributed by atoms with E-state index in [1.54, 1.807) is 12.1 Å². The first-order valence-corrected chi connectivity index (χ1v) is 5.26. The van der Waals surface area contributed by atoms with Gasteiger partial charge in [-0.2, -0.15) is 0 Å². The fraction of sp³-hybridized carbons (Fsp3) is 0.231. The molecule has 1 N–H and O–H groups in total. The number of rotatable bonds is 3. The zero-order valence-corrected chi connectivity index (χ0v) is 9.12. The highest BCUT2D eigenvalue weighted by molar-refractivity contribution is 5.98. The van der Waals surface area contributed by atoms with E-state index in [-0.39, 0.29) is 5.78 Å². The standard InChI is InChI=1S/C13H13NO2/c1-9-12(6-7-13(9)16)14-11-4-2-10(8-15)3-5-11/h2-5,8,14H,6-7H2,1H3. The van der Waals surface area contributed by atoms with Crippen molar-refractivity contribution in [2.45, 2.75) is 19.8 Å². The average molecular weight is 215 g/mol. The fourth-order valence-corrected chi connectivity index (χ4v) is 1.76. The molecule has 0 saturated heterocycles. The summed E-state index contributed by atoms with van der Waals surface area (Å²) in [4.78, 5) is 21.8. The van der Waals surface area contributed by atoms with Gasteiger partial charge in [0.15, 0.2) is 5.78 Å². The van der Waals surface area contributed by atoms with Crippen LogP contribution >= 0.6 is 0 Å². The van der Waals surface area contributed by atoms with Gasteiger partial charge in [0.2, 0.25) is 0 Å². The van der Waals surface area contributed by atoms with Crippen molar-refractivity contribution in [1.29, 1.82) is 0 Å². The van der Waals surface area contributed by atoms with Gasteiger partial charge in [0.05, 0.1) is 0 Å². The average Bonchev–Trinajstić information content (AvgIpc) is 2.62. The van der Waals surface area contributed by atoms with E-state index in [1.807, 2.05) is 19.1 Å². The highest BCUT2D eigenvalue weighted by Gasteiger charge is 2.18. The lowest BCUT2D eigenvalue weighted by Gasteiger charge is -2.07. The lowest BCUT2D eigenvalue weighted by Crippen LogP contribution is -1.99. The second kappa shape index (κ2) is 4.31. The number of nitrogens with one attached hydrogen (secondary N) is 1. The number of aldehydes is 1. The molecule has 0 bridgehead atoms. The Labute approximate surface area is 94.2 Å². The van der Waals surface area contributed by atoms with Crippen molar-refractivity contribution in [3.05, 3.63) is 41.1 Å². The SMILES string of the molecule is CC1=C(Nc2ccc(C=O)cc2)CCC1=O. The van der Waals surface area contributed by atoms with Crippen molar-refractivity contribution in [2.24, 2.45) is 0 Å². The third kappa shape index (κ3) is 2.03. The number of carbonyl (C=O) groups excluding carboxylic acids is 2. The third-order valence-corrected chi connectivity index (χ3v) is 2.81. The Hall–Kier alpha value is -1.90. The van der Waals surface area contributed by atoms with Gasteiger partial charge < -0.3 is 5.32 Å². The quantitative estimate of drug-likeness (QED) is 0.788. The van der Waals surface area contributed by atoms with Gasteiger partial charge in [-0.1, -0.05) is 0 Å². The molecule has 0 radical (unpaired) electrons. The van der Waals surface area contributed by atoms with Gasteiger partial charge in [0.25, 0.3) is 0 Å². The Morgan fingerprint density at radius 3 is 2.38 bits per heavy atom. The molecule has 1 aromatic rings. The summed E-state index contributed by atoms with van der Waals surface area (Å²) in [5.74, 6) is 0.215. The van der Waals surface area contributed by atoms with Crippen LogP contribution in [0.15, 0.2) is 35.5 Å². The van der Waals surface area contributed by atoms with Gasteiger partial charge in [-0.15, -0.1) is 0 Å². The van der Waals surface area contributed by atoms with Gasteiger partial charge in [-0.3, -0.25) is 9.59 Å².